The van der Waals surface area contributed by atoms with Crippen molar-refractivity contribution in [2.24, 2.45) is 5.92 Å². The molecule has 2 atom stereocenters. The van der Waals surface area contributed by atoms with E-state index in [1.54, 1.807) is 6.08 Å². The fourth-order valence-electron chi connectivity index (χ4n) is 2.00. The van der Waals surface area contributed by atoms with Crippen LogP contribution in [0, 0.1) is 5.92 Å². The van der Waals surface area contributed by atoms with E-state index in [-0.39, 0.29) is 19.3 Å². The molecule has 0 radical (unpaired) electrons. The predicted octanol–water partition coefficient (Wildman–Crippen LogP) is 0.718. The smallest absolute Gasteiger partial charge is 0.523 e. The minimum absolute atomic E-state index is 0.0951. The minimum atomic E-state index is -6.00. The van der Waals surface area contributed by atoms with Crippen LogP contribution >= 0.6 is 0 Å². The highest BCUT2D eigenvalue weighted by Crippen LogP contribution is 2.39. The van der Waals surface area contributed by atoms with Gasteiger partial charge in [0, 0.05) is 5.92 Å². The fourth-order valence-corrected chi connectivity index (χ4v) is 2.76. The van der Waals surface area contributed by atoms with E-state index in [1.807, 2.05) is 0 Å². The highest BCUT2D eigenvalue weighted by molar-refractivity contribution is 7.87. The number of hydrogen-bond donors (Lipinski definition) is 0. The van der Waals surface area contributed by atoms with Crippen molar-refractivity contribution < 1.29 is 35.7 Å². The third kappa shape index (κ3) is 2.92. The van der Waals surface area contributed by atoms with Crippen molar-refractivity contribution in [2.75, 3.05) is 0 Å². The summed E-state index contributed by atoms with van der Waals surface area (Å²) >= 11 is 0. The van der Waals surface area contributed by atoms with Crippen molar-refractivity contribution >= 4 is 16.1 Å². The lowest BCUT2D eigenvalue weighted by atomic mass is 9.78. The van der Waals surface area contributed by atoms with Crippen molar-refractivity contribution in [1.29, 1.82) is 0 Å². The van der Waals surface area contributed by atoms with Gasteiger partial charge >= 0.3 is 15.6 Å². The quantitative estimate of drug-likeness (QED) is 0.434. The van der Waals surface area contributed by atoms with E-state index in [4.69, 9.17) is 0 Å². The van der Waals surface area contributed by atoms with Gasteiger partial charge in [-0.15, -0.1) is 0 Å². The Kier molecular flexibility index (Phi) is 4.30. The van der Waals surface area contributed by atoms with Crippen LogP contribution in [0.15, 0.2) is 12.2 Å². The molecule has 0 bridgehead atoms. The summed E-state index contributed by atoms with van der Waals surface area (Å²) in [7, 11) is -6.00. The molecular formula is C10H12F3O5S-. The zero-order chi connectivity index (χ0) is 14.9. The second-order valence-corrected chi connectivity index (χ2v) is 5.68. The molecule has 0 spiro atoms. The lowest BCUT2D eigenvalue weighted by Gasteiger charge is -2.40. The first-order chi connectivity index (χ1) is 8.57. The van der Waals surface area contributed by atoms with Crippen molar-refractivity contribution in [3.63, 3.8) is 0 Å². The highest BCUT2D eigenvalue weighted by Gasteiger charge is 2.54. The van der Waals surface area contributed by atoms with Gasteiger partial charge in [0.15, 0.2) is 0 Å². The minimum Gasteiger partial charge on any atom is -0.547 e. The summed E-state index contributed by atoms with van der Waals surface area (Å²) in [6.45, 7) is 1.52. The van der Waals surface area contributed by atoms with Crippen LogP contribution in [0.1, 0.15) is 26.2 Å². The van der Waals surface area contributed by atoms with E-state index in [0.717, 1.165) is 0 Å². The highest BCUT2D eigenvalue weighted by atomic mass is 32.2. The molecule has 0 heterocycles. The maximum atomic E-state index is 12.3. The van der Waals surface area contributed by atoms with Crippen LogP contribution in [-0.2, 0) is 19.1 Å². The van der Waals surface area contributed by atoms with Gasteiger partial charge in [-0.3, -0.25) is 0 Å². The molecule has 0 aromatic rings. The number of hydrogen-bond acceptors (Lipinski definition) is 5. The molecule has 1 aliphatic carbocycles. The van der Waals surface area contributed by atoms with Crippen LogP contribution in [-0.4, -0.2) is 25.5 Å². The molecule has 1 aliphatic rings. The third-order valence-electron chi connectivity index (χ3n) is 2.98. The van der Waals surface area contributed by atoms with Crippen molar-refractivity contribution in [3.05, 3.63) is 12.2 Å². The Balaban J connectivity index is 3.23. The van der Waals surface area contributed by atoms with Crippen LogP contribution in [0.4, 0.5) is 13.2 Å². The van der Waals surface area contributed by atoms with Crippen LogP contribution in [0.5, 0.6) is 0 Å². The fraction of sp³-hybridized carbons (Fsp3) is 0.700. The summed E-state index contributed by atoms with van der Waals surface area (Å²) in [5, 5.41) is 11.1. The van der Waals surface area contributed by atoms with Crippen molar-refractivity contribution in [3.8, 4) is 0 Å². The number of carbonyl (C=O) groups excluding carboxylic acids is 1. The lowest BCUT2D eigenvalue weighted by Crippen LogP contribution is -2.57. The molecule has 0 aliphatic heterocycles. The molecule has 0 saturated heterocycles. The number of allylic oxidation sites excluding steroid dienone is 1. The number of carboxylic acids is 1. The molecule has 0 N–H and O–H groups in total. The Morgan fingerprint density at radius 1 is 1.53 bits per heavy atom. The predicted molar refractivity (Wildman–Crippen MR) is 56.0 cm³/mol. The van der Waals surface area contributed by atoms with E-state index < -0.39 is 33.1 Å². The Labute approximate surface area is 108 Å². The Bertz CT molecular complexity index is 482. The number of aliphatic carboxylic acids is 1. The average Bonchev–Trinajstić information content (AvgIpc) is 2.27. The maximum Gasteiger partial charge on any atom is 0.523 e. The lowest BCUT2D eigenvalue weighted by molar-refractivity contribution is -0.326. The summed E-state index contributed by atoms with van der Waals surface area (Å²) in [5.74, 6) is -2.96. The largest absolute Gasteiger partial charge is 0.547 e. The monoisotopic (exact) mass is 301 g/mol. The number of rotatable bonds is 4. The SMILES string of the molecule is CCC1C=CCCC1(OS(=O)(=O)C(F)(F)F)C(=O)[O-]. The van der Waals surface area contributed by atoms with E-state index in [9.17, 15) is 31.5 Å². The van der Waals surface area contributed by atoms with Crippen LogP contribution < -0.4 is 5.11 Å². The summed E-state index contributed by atoms with van der Waals surface area (Å²) < 4.78 is 63.0. The standard InChI is InChI=1S/C10H13F3O5S/c1-2-7-5-3-4-6-9(7,8(14)15)18-19(16,17)10(11,12)13/h3,5,7H,2,4,6H2,1H3,(H,14,15)/p-1. The van der Waals surface area contributed by atoms with Gasteiger partial charge < -0.3 is 9.90 Å². The van der Waals surface area contributed by atoms with Gasteiger partial charge in [-0.2, -0.15) is 21.6 Å². The molecule has 0 fully saturated rings. The first-order valence-electron chi connectivity index (χ1n) is 5.47. The number of carboxylic acid groups (broad SMARTS) is 1. The molecule has 1 rings (SSSR count). The second-order valence-electron chi connectivity index (χ2n) is 4.14. The van der Waals surface area contributed by atoms with Crippen molar-refractivity contribution in [1.82, 2.24) is 0 Å². The van der Waals surface area contributed by atoms with Crippen LogP contribution in [0.2, 0.25) is 0 Å². The molecule has 0 saturated carbocycles. The van der Waals surface area contributed by atoms with E-state index in [2.05, 4.69) is 4.18 Å². The number of carbonyl (C=O) groups is 1. The molecular weight excluding hydrogens is 289 g/mol. The normalized spacial score (nSPS) is 28.3. The molecule has 5 nitrogen and oxygen atoms in total. The molecule has 9 heteroatoms. The van der Waals surface area contributed by atoms with Crippen LogP contribution in [0.25, 0.3) is 0 Å². The Morgan fingerprint density at radius 2 is 2.11 bits per heavy atom. The summed E-state index contributed by atoms with van der Waals surface area (Å²) in [6.07, 6.45) is 2.72. The molecule has 0 aromatic heterocycles. The second kappa shape index (κ2) is 5.12. The molecule has 110 valence electrons. The van der Waals surface area contributed by atoms with E-state index >= 15 is 0 Å². The van der Waals surface area contributed by atoms with Gasteiger partial charge in [0.2, 0.25) is 0 Å². The summed E-state index contributed by atoms with van der Waals surface area (Å²) in [4.78, 5) is 11.1. The number of halogens is 3. The van der Waals surface area contributed by atoms with Gasteiger partial charge in [-0.25, -0.2) is 4.18 Å². The molecule has 0 amide bonds. The zero-order valence-electron chi connectivity index (χ0n) is 9.94. The third-order valence-corrected chi connectivity index (χ3v) is 4.06. The average molecular weight is 301 g/mol. The van der Waals surface area contributed by atoms with Gasteiger partial charge in [-0.1, -0.05) is 19.1 Å². The summed E-state index contributed by atoms with van der Waals surface area (Å²) in [6, 6.07) is 0. The zero-order valence-corrected chi connectivity index (χ0v) is 10.8. The molecule has 2 unspecified atom stereocenters. The molecule has 19 heavy (non-hydrogen) atoms. The molecule has 0 aromatic carbocycles. The van der Waals surface area contributed by atoms with Gasteiger partial charge in [0.1, 0.15) is 5.60 Å². The number of alkyl halides is 3. The van der Waals surface area contributed by atoms with Gasteiger partial charge in [0.25, 0.3) is 0 Å². The van der Waals surface area contributed by atoms with Crippen LogP contribution in [0.3, 0.4) is 0 Å². The topological polar surface area (TPSA) is 83.5 Å². The first kappa shape index (κ1) is 16.0. The van der Waals surface area contributed by atoms with E-state index in [0.29, 0.717) is 0 Å². The Morgan fingerprint density at radius 3 is 2.53 bits per heavy atom. The summed E-state index contributed by atoms with van der Waals surface area (Å²) in [5.41, 5.74) is -8.17. The van der Waals surface area contributed by atoms with Crippen molar-refractivity contribution in [2.45, 2.75) is 37.3 Å². The first-order valence-corrected chi connectivity index (χ1v) is 6.87. The Hall–Kier alpha value is -1.09. The van der Waals surface area contributed by atoms with Gasteiger partial charge in [-0.05, 0) is 19.3 Å². The van der Waals surface area contributed by atoms with E-state index in [1.165, 1.54) is 13.0 Å². The van der Waals surface area contributed by atoms with Gasteiger partial charge in [0.05, 0.1) is 5.97 Å². The maximum absolute atomic E-state index is 12.3.